The van der Waals surface area contributed by atoms with Gasteiger partial charge in [-0.05, 0) is 53.3 Å². The Balaban J connectivity index is 1.63. The third-order valence-corrected chi connectivity index (χ3v) is 6.92. The van der Waals surface area contributed by atoms with E-state index in [0.29, 0.717) is 12.2 Å². The van der Waals surface area contributed by atoms with E-state index in [-0.39, 0.29) is 29.2 Å². The molecule has 0 bridgehead atoms. The Kier molecular flexibility index (Phi) is 8.87. The number of carbonyl (C=O) groups excluding carboxylic acids is 2. The van der Waals surface area contributed by atoms with Crippen LogP contribution < -0.4 is 4.90 Å². The van der Waals surface area contributed by atoms with Gasteiger partial charge in [0.1, 0.15) is 0 Å². The molecule has 2 aromatic carbocycles. The Morgan fingerprint density at radius 1 is 1.28 bits per heavy atom. The van der Waals surface area contributed by atoms with Crippen LogP contribution in [0, 0.1) is 0 Å². The second-order valence-corrected chi connectivity index (χ2v) is 9.31. The predicted molar refractivity (Wildman–Crippen MR) is 138 cm³/mol. The van der Waals surface area contributed by atoms with E-state index in [2.05, 4.69) is 15.5 Å². The van der Waals surface area contributed by atoms with Crippen molar-refractivity contribution < 1.29 is 19.1 Å². The van der Waals surface area contributed by atoms with E-state index in [1.807, 2.05) is 36.6 Å². The highest BCUT2D eigenvalue weighted by Crippen LogP contribution is 2.32. The van der Waals surface area contributed by atoms with E-state index in [9.17, 15) is 9.59 Å². The molecule has 1 atom stereocenters. The highest BCUT2D eigenvalue weighted by Gasteiger charge is 2.30. The molecular formula is C25H26ClN5O4S. The van der Waals surface area contributed by atoms with Gasteiger partial charge in [0.15, 0.2) is 0 Å². The van der Waals surface area contributed by atoms with Crippen LogP contribution in [0.1, 0.15) is 34.3 Å². The number of hydrogen-bond acceptors (Lipinski definition) is 8. The molecular weight excluding hydrogens is 502 g/mol. The van der Waals surface area contributed by atoms with Gasteiger partial charge in [-0.2, -0.15) is 0 Å². The normalized spacial score (nSPS) is 15.5. The SMILES string of the molecule is CSc1ccc(C(=O)N(C(=O)/C=C/c2ccccc2)c2nnnn2C)c(Cl)c1COCC1CCCO1. The van der Waals surface area contributed by atoms with Crippen molar-refractivity contribution >= 4 is 47.2 Å². The average molecular weight is 528 g/mol. The van der Waals surface area contributed by atoms with Crippen LogP contribution in [0.15, 0.2) is 53.4 Å². The summed E-state index contributed by atoms with van der Waals surface area (Å²) in [4.78, 5) is 28.8. The molecule has 1 aromatic heterocycles. The molecule has 2 amide bonds. The molecule has 9 nitrogen and oxygen atoms in total. The largest absolute Gasteiger partial charge is 0.376 e. The number of benzene rings is 2. The van der Waals surface area contributed by atoms with Crippen LogP contribution in [0.2, 0.25) is 5.02 Å². The summed E-state index contributed by atoms with van der Waals surface area (Å²) in [5.74, 6) is -1.28. The zero-order chi connectivity index (χ0) is 25.5. The third-order valence-electron chi connectivity index (χ3n) is 5.66. The first-order chi connectivity index (χ1) is 17.5. The van der Waals surface area contributed by atoms with E-state index in [1.54, 1.807) is 25.3 Å². The Bertz CT molecular complexity index is 1240. The van der Waals surface area contributed by atoms with E-state index < -0.39 is 11.8 Å². The molecule has 1 saturated heterocycles. The summed E-state index contributed by atoms with van der Waals surface area (Å²) >= 11 is 8.24. The number of nitrogens with zero attached hydrogens (tertiary/aromatic N) is 5. The first-order valence-electron chi connectivity index (χ1n) is 11.4. The van der Waals surface area contributed by atoms with Gasteiger partial charge in [0.05, 0.1) is 29.9 Å². The molecule has 3 aromatic rings. The van der Waals surface area contributed by atoms with Crippen LogP contribution in [-0.4, -0.2) is 57.6 Å². The molecule has 188 valence electrons. The monoisotopic (exact) mass is 527 g/mol. The lowest BCUT2D eigenvalue weighted by Crippen LogP contribution is -2.38. The number of halogens is 1. The van der Waals surface area contributed by atoms with Crippen molar-refractivity contribution in [2.45, 2.75) is 30.4 Å². The molecule has 1 fully saturated rings. The standard InChI is InChI=1S/C25H26ClN5O4S/c1-30-25(27-28-29-30)31(22(32)13-10-17-7-4-3-5-8-17)24(33)19-11-12-21(36-2)20(23(19)26)16-34-15-18-9-6-14-35-18/h3-5,7-8,10-13,18H,6,9,14-16H2,1-2H3/b13-10+. The minimum atomic E-state index is -0.645. The minimum absolute atomic E-state index is 0.0242. The molecule has 1 unspecified atom stereocenters. The van der Waals surface area contributed by atoms with Crippen molar-refractivity contribution in [3.05, 3.63) is 70.3 Å². The Morgan fingerprint density at radius 2 is 2.08 bits per heavy atom. The number of tetrazole rings is 1. The molecule has 1 aliphatic heterocycles. The van der Waals surface area contributed by atoms with Crippen molar-refractivity contribution in [2.75, 3.05) is 24.4 Å². The zero-order valence-corrected chi connectivity index (χ0v) is 21.5. The molecule has 1 aliphatic rings. The Morgan fingerprint density at radius 3 is 2.75 bits per heavy atom. The number of amides is 2. The van der Waals surface area contributed by atoms with Gasteiger partial charge in [-0.1, -0.05) is 47.0 Å². The minimum Gasteiger partial charge on any atom is -0.376 e. The van der Waals surface area contributed by atoms with Crippen molar-refractivity contribution in [3.8, 4) is 0 Å². The molecule has 0 saturated carbocycles. The molecule has 4 rings (SSSR count). The van der Waals surface area contributed by atoms with Crippen molar-refractivity contribution in [1.82, 2.24) is 20.2 Å². The zero-order valence-electron chi connectivity index (χ0n) is 20.0. The molecule has 0 aliphatic carbocycles. The second-order valence-electron chi connectivity index (χ2n) is 8.08. The van der Waals surface area contributed by atoms with Crippen molar-refractivity contribution in [1.29, 1.82) is 0 Å². The number of aryl methyl sites for hydroxylation is 1. The summed E-state index contributed by atoms with van der Waals surface area (Å²) in [6, 6.07) is 12.7. The fraction of sp³-hybridized carbons (Fsp3) is 0.320. The topological polar surface area (TPSA) is 99.4 Å². The number of aromatic nitrogens is 4. The maximum atomic E-state index is 13.7. The average Bonchev–Trinajstić information content (AvgIpc) is 3.56. The molecule has 0 radical (unpaired) electrons. The van der Waals surface area contributed by atoms with Crippen molar-refractivity contribution in [3.63, 3.8) is 0 Å². The number of anilines is 1. The molecule has 11 heteroatoms. The molecule has 0 N–H and O–H groups in total. The predicted octanol–water partition coefficient (Wildman–Crippen LogP) is 4.17. The summed E-state index contributed by atoms with van der Waals surface area (Å²) in [7, 11) is 1.55. The van der Waals surface area contributed by atoms with Gasteiger partial charge < -0.3 is 9.47 Å². The summed E-state index contributed by atoms with van der Waals surface area (Å²) in [6.07, 6.45) is 6.90. The lowest BCUT2D eigenvalue weighted by molar-refractivity contribution is -0.113. The number of thioether (sulfide) groups is 1. The van der Waals surface area contributed by atoms with Gasteiger partial charge in [-0.25, -0.2) is 9.58 Å². The van der Waals surface area contributed by atoms with E-state index in [4.69, 9.17) is 21.1 Å². The fourth-order valence-corrected chi connectivity index (χ4v) is 4.76. The van der Waals surface area contributed by atoms with Gasteiger partial charge in [-0.3, -0.25) is 9.59 Å². The molecule has 2 heterocycles. The highest BCUT2D eigenvalue weighted by molar-refractivity contribution is 7.98. The lowest BCUT2D eigenvalue weighted by Gasteiger charge is -2.20. The quantitative estimate of drug-likeness (QED) is 0.302. The van der Waals surface area contributed by atoms with Gasteiger partial charge in [-0.15, -0.1) is 11.8 Å². The molecule has 36 heavy (non-hydrogen) atoms. The van der Waals surface area contributed by atoms with Gasteiger partial charge in [0.25, 0.3) is 17.8 Å². The summed E-state index contributed by atoms with van der Waals surface area (Å²) in [5.41, 5.74) is 1.63. The van der Waals surface area contributed by atoms with Crippen LogP contribution in [0.3, 0.4) is 0 Å². The van der Waals surface area contributed by atoms with E-state index in [1.165, 1.54) is 22.5 Å². The summed E-state index contributed by atoms with van der Waals surface area (Å²) < 4.78 is 12.8. The highest BCUT2D eigenvalue weighted by atomic mass is 35.5. The number of ether oxygens (including phenoxy) is 2. The first kappa shape index (κ1) is 26.0. The van der Waals surface area contributed by atoms with E-state index in [0.717, 1.165) is 34.8 Å². The lowest BCUT2D eigenvalue weighted by atomic mass is 10.1. The number of hydrogen-bond donors (Lipinski definition) is 0. The van der Waals surface area contributed by atoms with Crippen LogP contribution in [0.5, 0.6) is 0 Å². The van der Waals surface area contributed by atoms with E-state index >= 15 is 0 Å². The maximum absolute atomic E-state index is 13.7. The summed E-state index contributed by atoms with van der Waals surface area (Å²) in [6.45, 7) is 1.40. The first-order valence-corrected chi connectivity index (χ1v) is 13.0. The number of imide groups is 1. The number of rotatable bonds is 9. The van der Waals surface area contributed by atoms with Gasteiger partial charge in [0, 0.05) is 30.2 Å². The number of carbonyl (C=O) groups is 2. The second kappa shape index (κ2) is 12.3. The Labute approximate surface area is 218 Å². The van der Waals surface area contributed by atoms with Crippen LogP contribution in [0.4, 0.5) is 5.95 Å². The van der Waals surface area contributed by atoms with Crippen molar-refractivity contribution in [2.24, 2.45) is 7.05 Å². The van der Waals surface area contributed by atoms with Crippen LogP contribution in [-0.2, 0) is 27.9 Å². The summed E-state index contributed by atoms with van der Waals surface area (Å²) in [5, 5.41) is 11.5. The fourth-order valence-electron chi connectivity index (χ4n) is 3.79. The van der Waals surface area contributed by atoms with Crippen LogP contribution in [0.25, 0.3) is 6.08 Å². The maximum Gasteiger partial charge on any atom is 0.269 e. The van der Waals surface area contributed by atoms with Gasteiger partial charge in [0.2, 0.25) is 0 Å². The molecule has 0 spiro atoms. The Hall–Kier alpha value is -3.05. The van der Waals surface area contributed by atoms with Gasteiger partial charge >= 0.3 is 0 Å². The van der Waals surface area contributed by atoms with Crippen LogP contribution >= 0.6 is 23.4 Å². The third kappa shape index (κ3) is 6.01. The smallest absolute Gasteiger partial charge is 0.269 e.